The van der Waals surface area contributed by atoms with Crippen molar-refractivity contribution in [3.63, 3.8) is 0 Å². The molecule has 3 rings (SSSR count). The molecule has 0 saturated carbocycles. The second-order valence-electron chi connectivity index (χ2n) is 6.12. The number of nitrogens with zero attached hydrogens (tertiary/aromatic N) is 3. The second-order valence-corrected chi connectivity index (χ2v) is 6.12. The summed E-state index contributed by atoms with van der Waals surface area (Å²) in [5.41, 5.74) is 4.62. The molecular weight excluding hydrogens is 276 g/mol. The van der Waals surface area contributed by atoms with E-state index in [2.05, 4.69) is 41.4 Å². The number of hydrogen-bond donors (Lipinski definition) is 1. The zero-order chi connectivity index (χ0) is 15.5. The average molecular weight is 300 g/mol. The van der Waals surface area contributed by atoms with Crippen LogP contribution in [0.4, 0.5) is 0 Å². The van der Waals surface area contributed by atoms with Gasteiger partial charge >= 0.3 is 0 Å². The van der Waals surface area contributed by atoms with Gasteiger partial charge in [-0.25, -0.2) is 0 Å². The number of nitrogens with one attached hydrogen (secondary N) is 1. The summed E-state index contributed by atoms with van der Waals surface area (Å²) in [4.78, 5) is 4.61. The minimum absolute atomic E-state index is 0.161. The van der Waals surface area contributed by atoms with Gasteiger partial charge in [-0.2, -0.15) is 5.10 Å². The molecule has 2 aromatic heterocycles. The molecule has 0 radical (unpaired) electrons. The van der Waals surface area contributed by atoms with E-state index < -0.39 is 0 Å². The smallest absolute Gasteiger partial charge is 0.0896 e. The minimum atomic E-state index is 0.161. The first-order valence-corrected chi connectivity index (χ1v) is 7.87. The molecule has 22 heavy (non-hydrogen) atoms. The van der Waals surface area contributed by atoms with E-state index in [9.17, 15) is 0 Å². The molecule has 5 nitrogen and oxygen atoms in total. The molecule has 1 fully saturated rings. The van der Waals surface area contributed by atoms with Crippen molar-refractivity contribution in [1.82, 2.24) is 20.1 Å². The third-order valence-corrected chi connectivity index (χ3v) is 4.39. The molecule has 1 aliphatic heterocycles. The first-order chi connectivity index (χ1) is 10.6. The number of hydrogen-bond acceptors (Lipinski definition) is 4. The van der Waals surface area contributed by atoms with Gasteiger partial charge in [-0.3, -0.25) is 9.67 Å². The van der Waals surface area contributed by atoms with Crippen molar-refractivity contribution in [2.75, 3.05) is 13.2 Å². The summed E-state index contributed by atoms with van der Waals surface area (Å²) in [5, 5.41) is 7.77. The Balaban J connectivity index is 1.55. The molecule has 0 bridgehead atoms. The summed E-state index contributed by atoms with van der Waals surface area (Å²) >= 11 is 0. The Morgan fingerprint density at radius 3 is 2.95 bits per heavy atom. The van der Waals surface area contributed by atoms with Gasteiger partial charge in [0, 0.05) is 50.1 Å². The van der Waals surface area contributed by atoms with Crippen LogP contribution in [-0.2, 0) is 18.3 Å². The molecule has 3 heterocycles. The van der Waals surface area contributed by atoms with Gasteiger partial charge in [0.15, 0.2) is 0 Å². The van der Waals surface area contributed by atoms with Gasteiger partial charge in [-0.1, -0.05) is 6.07 Å². The molecule has 0 aromatic carbocycles. The summed E-state index contributed by atoms with van der Waals surface area (Å²) in [5.74, 6) is 0.496. The minimum Gasteiger partial charge on any atom is -0.373 e. The van der Waals surface area contributed by atoms with Crippen molar-refractivity contribution >= 4 is 0 Å². The highest BCUT2D eigenvalue weighted by molar-refractivity contribution is 5.20. The van der Waals surface area contributed by atoms with E-state index in [4.69, 9.17) is 4.74 Å². The van der Waals surface area contributed by atoms with Crippen molar-refractivity contribution in [3.8, 4) is 0 Å². The fourth-order valence-electron chi connectivity index (χ4n) is 2.97. The summed E-state index contributed by atoms with van der Waals surface area (Å²) in [7, 11) is 1.94. The van der Waals surface area contributed by atoms with Crippen LogP contribution in [0.1, 0.15) is 35.0 Å². The lowest BCUT2D eigenvalue weighted by Crippen LogP contribution is -2.25. The lowest BCUT2D eigenvalue weighted by Gasteiger charge is -2.17. The lowest BCUT2D eigenvalue weighted by atomic mass is 9.97. The van der Waals surface area contributed by atoms with Crippen molar-refractivity contribution in [3.05, 3.63) is 47.0 Å². The van der Waals surface area contributed by atoms with E-state index in [1.807, 2.05) is 24.1 Å². The number of aryl methyl sites for hydroxylation is 3. The zero-order valence-electron chi connectivity index (χ0n) is 13.5. The molecule has 118 valence electrons. The van der Waals surface area contributed by atoms with Gasteiger partial charge < -0.3 is 10.1 Å². The third-order valence-electron chi connectivity index (χ3n) is 4.39. The Hall–Kier alpha value is -1.72. The molecule has 0 spiro atoms. The highest BCUT2D eigenvalue weighted by Crippen LogP contribution is 2.33. The fraction of sp³-hybridized carbons (Fsp3) is 0.529. The topological polar surface area (TPSA) is 52.0 Å². The standard InChI is InChI=1S/C17H24N4O/c1-12-4-5-16(20-13(12)2)10-18-8-14-6-7-22-17(14)15-9-19-21(3)11-15/h4-5,9,11,14,17-18H,6-8,10H2,1-3H3/t14-,17+/m1/s1. The normalized spacial score (nSPS) is 21.4. The van der Waals surface area contributed by atoms with Gasteiger partial charge in [-0.05, 0) is 31.9 Å². The highest BCUT2D eigenvalue weighted by Gasteiger charge is 2.30. The van der Waals surface area contributed by atoms with Crippen LogP contribution < -0.4 is 5.32 Å². The summed E-state index contributed by atoms with van der Waals surface area (Å²) in [6.45, 7) is 6.72. The second kappa shape index (κ2) is 6.58. The highest BCUT2D eigenvalue weighted by atomic mass is 16.5. The zero-order valence-corrected chi connectivity index (χ0v) is 13.5. The first kappa shape index (κ1) is 15.2. The summed E-state index contributed by atoms with van der Waals surface area (Å²) in [6, 6.07) is 4.23. The Labute approximate surface area is 131 Å². The Bertz CT molecular complexity index is 637. The van der Waals surface area contributed by atoms with Gasteiger partial charge in [-0.15, -0.1) is 0 Å². The monoisotopic (exact) mass is 300 g/mol. The molecule has 2 aromatic rings. The maximum Gasteiger partial charge on any atom is 0.0896 e. The summed E-state index contributed by atoms with van der Waals surface area (Å²) < 4.78 is 7.73. The molecule has 1 N–H and O–H groups in total. The molecule has 1 aliphatic rings. The van der Waals surface area contributed by atoms with Crippen LogP contribution >= 0.6 is 0 Å². The molecule has 0 unspecified atom stereocenters. The quantitative estimate of drug-likeness (QED) is 0.920. The lowest BCUT2D eigenvalue weighted by molar-refractivity contribution is 0.0904. The van der Waals surface area contributed by atoms with Crippen molar-refractivity contribution in [2.24, 2.45) is 13.0 Å². The first-order valence-electron chi connectivity index (χ1n) is 7.87. The number of pyridine rings is 1. The van der Waals surface area contributed by atoms with Gasteiger partial charge in [0.25, 0.3) is 0 Å². The van der Waals surface area contributed by atoms with E-state index in [-0.39, 0.29) is 6.10 Å². The molecule has 1 saturated heterocycles. The average Bonchev–Trinajstić information content (AvgIpc) is 3.11. The molecule has 5 heteroatoms. The maximum absolute atomic E-state index is 5.89. The van der Waals surface area contributed by atoms with E-state index >= 15 is 0 Å². The Morgan fingerprint density at radius 2 is 2.23 bits per heavy atom. The third kappa shape index (κ3) is 3.36. The largest absolute Gasteiger partial charge is 0.373 e. The molecular formula is C17H24N4O. The Morgan fingerprint density at radius 1 is 1.36 bits per heavy atom. The van der Waals surface area contributed by atoms with Crippen molar-refractivity contribution < 1.29 is 4.74 Å². The van der Waals surface area contributed by atoms with Crippen molar-refractivity contribution in [2.45, 2.75) is 32.9 Å². The maximum atomic E-state index is 5.89. The predicted octanol–water partition coefficient (Wildman–Crippen LogP) is 2.30. The van der Waals surface area contributed by atoms with E-state index in [0.29, 0.717) is 5.92 Å². The van der Waals surface area contributed by atoms with E-state index in [1.54, 1.807) is 0 Å². The van der Waals surface area contributed by atoms with Crippen LogP contribution in [0.15, 0.2) is 24.5 Å². The van der Waals surface area contributed by atoms with Crippen LogP contribution in [0.5, 0.6) is 0 Å². The Kier molecular flexibility index (Phi) is 4.55. The van der Waals surface area contributed by atoms with Crippen LogP contribution in [-0.4, -0.2) is 27.9 Å². The van der Waals surface area contributed by atoms with Gasteiger partial charge in [0.1, 0.15) is 0 Å². The molecule has 0 amide bonds. The van der Waals surface area contributed by atoms with E-state index in [1.165, 1.54) is 11.1 Å². The van der Waals surface area contributed by atoms with Crippen LogP contribution in [0.3, 0.4) is 0 Å². The summed E-state index contributed by atoms with van der Waals surface area (Å²) in [6.07, 6.45) is 5.21. The number of rotatable bonds is 5. The van der Waals surface area contributed by atoms with Crippen molar-refractivity contribution in [1.29, 1.82) is 0 Å². The van der Waals surface area contributed by atoms with Crippen LogP contribution in [0.2, 0.25) is 0 Å². The molecule has 2 atom stereocenters. The van der Waals surface area contributed by atoms with Gasteiger partial charge in [0.05, 0.1) is 18.0 Å². The SMILES string of the molecule is Cc1ccc(CNC[C@H]2CCO[C@@H]2c2cnn(C)c2)nc1C. The van der Waals surface area contributed by atoms with Crippen LogP contribution in [0.25, 0.3) is 0 Å². The van der Waals surface area contributed by atoms with E-state index in [0.717, 1.165) is 37.5 Å². The van der Waals surface area contributed by atoms with Gasteiger partial charge in [0.2, 0.25) is 0 Å². The fourth-order valence-corrected chi connectivity index (χ4v) is 2.97. The number of ether oxygens (including phenoxy) is 1. The number of aromatic nitrogens is 3. The molecule has 0 aliphatic carbocycles. The predicted molar refractivity (Wildman–Crippen MR) is 85.4 cm³/mol. The van der Waals surface area contributed by atoms with Crippen LogP contribution in [0, 0.1) is 19.8 Å².